The summed E-state index contributed by atoms with van der Waals surface area (Å²) >= 11 is 0. The van der Waals surface area contributed by atoms with Gasteiger partial charge in [-0.05, 0) is 62.5 Å². The van der Waals surface area contributed by atoms with Crippen molar-refractivity contribution in [1.82, 2.24) is 20.9 Å². The summed E-state index contributed by atoms with van der Waals surface area (Å²) in [5, 5.41) is 9.32. The maximum atomic E-state index is 11.6. The number of carbonyl (C=O) groups excluding carboxylic acids is 1. The third-order valence-corrected chi connectivity index (χ3v) is 4.95. The molecule has 3 N–H and O–H groups in total. The Bertz CT molecular complexity index is 583. The summed E-state index contributed by atoms with van der Waals surface area (Å²) in [7, 11) is 3.43. The van der Waals surface area contributed by atoms with Gasteiger partial charge in [0, 0.05) is 32.7 Å². The number of benzene rings is 1. The maximum absolute atomic E-state index is 11.6. The summed E-state index contributed by atoms with van der Waals surface area (Å²) in [6.45, 7) is 7.57. The molecule has 0 bridgehead atoms. The largest absolute Gasteiger partial charge is 0.356 e. The zero-order valence-electron chi connectivity index (χ0n) is 16.8. The van der Waals surface area contributed by atoms with Crippen molar-refractivity contribution in [2.45, 2.75) is 32.7 Å². The van der Waals surface area contributed by atoms with Gasteiger partial charge >= 0.3 is 0 Å². The molecule has 0 aromatic heterocycles. The Morgan fingerprint density at radius 2 is 1.85 bits per heavy atom. The standard InChI is InChI=1S/C20H33N5O.HI/c1-16-9-13-25(14-10-16)12-4-11-23-20(22-3)24-15-17-5-7-18(8-6-17)19(26)21-2;/h5-8,16H,4,9-15H2,1-3H3,(H,21,26)(H2,22,23,24);1H. The second-order valence-corrected chi connectivity index (χ2v) is 7.01. The zero-order chi connectivity index (χ0) is 18.8. The van der Waals surface area contributed by atoms with Crippen molar-refractivity contribution in [3.05, 3.63) is 35.4 Å². The first kappa shape index (κ1) is 23.7. The van der Waals surface area contributed by atoms with Gasteiger partial charge < -0.3 is 20.9 Å². The number of guanidine groups is 1. The molecule has 1 fully saturated rings. The predicted octanol–water partition coefficient (Wildman–Crippen LogP) is 2.45. The van der Waals surface area contributed by atoms with Crippen molar-refractivity contribution in [2.24, 2.45) is 10.9 Å². The number of piperidine rings is 1. The topological polar surface area (TPSA) is 68.8 Å². The SMILES string of the molecule is CN=C(NCCCN1CCC(C)CC1)NCc1ccc(C(=O)NC)cc1.I. The van der Waals surface area contributed by atoms with Crippen LogP contribution >= 0.6 is 24.0 Å². The molecule has 0 aliphatic carbocycles. The number of nitrogens with one attached hydrogen (secondary N) is 3. The van der Waals surface area contributed by atoms with Gasteiger partial charge in [0.1, 0.15) is 0 Å². The van der Waals surface area contributed by atoms with Crippen molar-refractivity contribution in [2.75, 3.05) is 40.3 Å². The summed E-state index contributed by atoms with van der Waals surface area (Å²) in [5.74, 6) is 1.63. The molecule has 0 unspecified atom stereocenters. The average molecular weight is 487 g/mol. The summed E-state index contributed by atoms with van der Waals surface area (Å²) in [6, 6.07) is 7.60. The molecular weight excluding hydrogens is 453 g/mol. The molecule has 0 spiro atoms. The zero-order valence-corrected chi connectivity index (χ0v) is 19.1. The lowest BCUT2D eigenvalue weighted by Crippen LogP contribution is -2.39. The molecule has 1 amide bonds. The fraction of sp³-hybridized carbons (Fsp3) is 0.600. The van der Waals surface area contributed by atoms with Crippen molar-refractivity contribution in [3.63, 3.8) is 0 Å². The van der Waals surface area contributed by atoms with E-state index in [4.69, 9.17) is 0 Å². The van der Waals surface area contributed by atoms with Gasteiger partial charge in [0.25, 0.3) is 5.91 Å². The van der Waals surface area contributed by atoms with Crippen LogP contribution < -0.4 is 16.0 Å². The van der Waals surface area contributed by atoms with Gasteiger partial charge in [-0.3, -0.25) is 9.79 Å². The van der Waals surface area contributed by atoms with Gasteiger partial charge in [0.2, 0.25) is 0 Å². The molecule has 0 radical (unpaired) electrons. The quantitative estimate of drug-likeness (QED) is 0.239. The number of rotatable bonds is 7. The Kier molecular flexibility index (Phi) is 11.3. The molecule has 2 rings (SSSR count). The van der Waals surface area contributed by atoms with Gasteiger partial charge in [-0.1, -0.05) is 19.1 Å². The molecular formula is C20H34IN5O. The van der Waals surface area contributed by atoms with Crippen LogP contribution in [0.1, 0.15) is 42.1 Å². The second kappa shape index (κ2) is 12.9. The normalized spacial score (nSPS) is 15.7. The van der Waals surface area contributed by atoms with Crippen LogP contribution in [0.5, 0.6) is 0 Å². The Balaban J connectivity index is 0.00000364. The molecule has 27 heavy (non-hydrogen) atoms. The molecule has 1 aromatic carbocycles. The van der Waals surface area contributed by atoms with E-state index < -0.39 is 0 Å². The highest BCUT2D eigenvalue weighted by atomic mass is 127. The fourth-order valence-corrected chi connectivity index (χ4v) is 3.12. The van der Waals surface area contributed by atoms with Gasteiger partial charge in [-0.2, -0.15) is 0 Å². The van der Waals surface area contributed by atoms with E-state index in [1.54, 1.807) is 14.1 Å². The minimum atomic E-state index is -0.0647. The van der Waals surface area contributed by atoms with Crippen LogP contribution in [-0.2, 0) is 6.54 Å². The molecule has 152 valence electrons. The van der Waals surface area contributed by atoms with E-state index in [2.05, 4.69) is 32.8 Å². The van der Waals surface area contributed by atoms with E-state index in [1.165, 1.54) is 25.9 Å². The third kappa shape index (κ3) is 8.47. The highest BCUT2D eigenvalue weighted by Gasteiger charge is 2.14. The van der Waals surface area contributed by atoms with Crippen LogP contribution in [0.15, 0.2) is 29.3 Å². The molecule has 1 heterocycles. The van der Waals surface area contributed by atoms with E-state index in [9.17, 15) is 4.79 Å². The van der Waals surface area contributed by atoms with Gasteiger partial charge in [-0.15, -0.1) is 24.0 Å². The highest BCUT2D eigenvalue weighted by molar-refractivity contribution is 14.0. The highest BCUT2D eigenvalue weighted by Crippen LogP contribution is 2.15. The second-order valence-electron chi connectivity index (χ2n) is 7.01. The van der Waals surface area contributed by atoms with Crippen LogP contribution in [0, 0.1) is 5.92 Å². The fourth-order valence-electron chi connectivity index (χ4n) is 3.12. The monoisotopic (exact) mass is 487 g/mol. The molecule has 1 aromatic rings. The summed E-state index contributed by atoms with van der Waals surface area (Å²) in [5.41, 5.74) is 1.79. The first-order chi connectivity index (χ1) is 12.6. The Labute approximate surface area is 180 Å². The summed E-state index contributed by atoms with van der Waals surface area (Å²) < 4.78 is 0. The average Bonchev–Trinajstić information content (AvgIpc) is 2.68. The lowest BCUT2D eigenvalue weighted by atomic mass is 9.99. The first-order valence-corrected chi connectivity index (χ1v) is 9.60. The number of likely N-dealkylation sites (tertiary alicyclic amines) is 1. The Hall–Kier alpha value is -1.35. The number of amides is 1. The maximum Gasteiger partial charge on any atom is 0.251 e. The summed E-state index contributed by atoms with van der Waals surface area (Å²) in [6.07, 6.45) is 3.78. The number of carbonyl (C=O) groups is 1. The molecule has 1 aliphatic rings. The summed E-state index contributed by atoms with van der Waals surface area (Å²) in [4.78, 5) is 18.4. The van der Waals surface area contributed by atoms with Gasteiger partial charge in [0.05, 0.1) is 0 Å². The number of hydrogen-bond acceptors (Lipinski definition) is 3. The van der Waals surface area contributed by atoms with Crippen molar-refractivity contribution in [3.8, 4) is 0 Å². The molecule has 7 heteroatoms. The van der Waals surface area contributed by atoms with E-state index in [-0.39, 0.29) is 29.9 Å². The molecule has 1 saturated heterocycles. The number of aliphatic imine (C=N–C) groups is 1. The van der Waals surface area contributed by atoms with Gasteiger partial charge in [-0.25, -0.2) is 0 Å². The number of nitrogens with zero attached hydrogens (tertiary/aromatic N) is 2. The van der Waals surface area contributed by atoms with Crippen LogP contribution in [0.3, 0.4) is 0 Å². The van der Waals surface area contributed by atoms with E-state index in [0.29, 0.717) is 12.1 Å². The number of halogens is 1. The third-order valence-electron chi connectivity index (χ3n) is 4.95. The number of hydrogen-bond donors (Lipinski definition) is 3. The lowest BCUT2D eigenvalue weighted by molar-refractivity contribution is 0.0963. The van der Waals surface area contributed by atoms with Crippen LogP contribution in [0.25, 0.3) is 0 Å². The lowest BCUT2D eigenvalue weighted by Gasteiger charge is -2.30. The Morgan fingerprint density at radius 3 is 2.44 bits per heavy atom. The minimum Gasteiger partial charge on any atom is -0.356 e. The molecule has 1 aliphatic heterocycles. The van der Waals surface area contributed by atoms with Crippen molar-refractivity contribution in [1.29, 1.82) is 0 Å². The molecule has 6 nitrogen and oxygen atoms in total. The van der Waals surface area contributed by atoms with Crippen LogP contribution in [0.2, 0.25) is 0 Å². The van der Waals surface area contributed by atoms with Crippen molar-refractivity contribution >= 4 is 35.8 Å². The first-order valence-electron chi connectivity index (χ1n) is 9.60. The van der Waals surface area contributed by atoms with Crippen LogP contribution in [0.4, 0.5) is 0 Å². The van der Waals surface area contributed by atoms with E-state index >= 15 is 0 Å². The van der Waals surface area contributed by atoms with Gasteiger partial charge in [0.15, 0.2) is 5.96 Å². The van der Waals surface area contributed by atoms with Crippen LogP contribution in [-0.4, -0.2) is 57.0 Å². The minimum absolute atomic E-state index is 0. The Morgan fingerprint density at radius 1 is 1.19 bits per heavy atom. The van der Waals surface area contributed by atoms with E-state index in [1.807, 2.05) is 24.3 Å². The van der Waals surface area contributed by atoms with E-state index in [0.717, 1.165) is 37.0 Å². The van der Waals surface area contributed by atoms with Crippen molar-refractivity contribution < 1.29 is 4.79 Å². The molecule has 0 atom stereocenters. The molecule has 0 saturated carbocycles. The predicted molar refractivity (Wildman–Crippen MR) is 123 cm³/mol. The smallest absolute Gasteiger partial charge is 0.251 e.